The second-order valence-electron chi connectivity index (χ2n) is 3.37. The summed E-state index contributed by atoms with van der Waals surface area (Å²) in [6.07, 6.45) is -4.50. The zero-order chi connectivity index (χ0) is 14.0. The van der Waals surface area contributed by atoms with Gasteiger partial charge in [-0.25, -0.2) is 13.6 Å². The van der Waals surface area contributed by atoms with Gasteiger partial charge in [0.15, 0.2) is 0 Å². The lowest BCUT2D eigenvalue weighted by molar-refractivity contribution is -0.123. The Kier molecular flexibility index (Phi) is 3.97. The van der Waals surface area contributed by atoms with E-state index in [1.165, 1.54) is 0 Å². The van der Waals surface area contributed by atoms with Gasteiger partial charge in [0.2, 0.25) is 10.0 Å². The minimum Gasteiger partial charge on any atom is -0.343 e. The Labute approximate surface area is 101 Å². The number of rotatable bonds is 3. The van der Waals surface area contributed by atoms with Crippen molar-refractivity contribution < 1.29 is 26.4 Å². The highest BCUT2D eigenvalue weighted by Gasteiger charge is 2.27. The molecular weight excluding hydrogens is 273 g/mol. The predicted octanol–water partition coefficient (Wildman–Crippen LogP) is 0.626. The Morgan fingerprint density at radius 2 is 1.72 bits per heavy atom. The van der Waals surface area contributed by atoms with Crippen LogP contribution in [-0.2, 0) is 10.0 Å². The van der Waals surface area contributed by atoms with Crippen LogP contribution in [0.15, 0.2) is 29.2 Å². The van der Waals surface area contributed by atoms with Crippen LogP contribution in [-0.4, -0.2) is 27.0 Å². The zero-order valence-electron chi connectivity index (χ0n) is 8.86. The summed E-state index contributed by atoms with van der Waals surface area (Å²) in [5.41, 5.74) is -0.0911. The van der Waals surface area contributed by atoms with E-state index in [0.29, 0.717) is 0 Å². The number of carbonyl (C=O) groups is 1. The molecule has 0 bridgehead atoms. The number of alkyl halides is 3. The molecule has 0 aliphatic carbocycles. The number of sulfonamides is 1. The minimum atomic E-state index is -4.50. The van der Waals surface area contributed by atoms with Crippen molar-refractivity contribution in [3.63, 3.8) is 0 Å². The lowest BCUT2D eigenvalue weighted by atomic mass is 10.2. The molecule has 0 radical (unpaired) electrons. The summed E-state index contributed by atoms with van der Waals surface area (Å²) < 4.78 is 57.3. The Bertz CT molecular complexity index is 537. The lowest BCUT2D eigenvalue weighted by Gasteiger charge is -2.08. The maximum absolute atomic E-state index is 11.8. The number of primary sulfonamides is 1. The monoisotopic (exact) mass is 282 g/mol. The molecule has 0 aliphatic heterocycles. The highest BCUT2D eigenvalue weighted by atomic mass is 32.2. The summed E-state index contributed by atoms with van der Waals surface area (Å²) in [5, 5.41) is 6.47. The number of carbonyl (C=O) groups excluding carboxylic acids is 1. The SMILES string of the molecule is NS(=O)(=O)c1ccc(C(=O)NCC(F)(F)F)cc1. The molecule has 3 N–H and O–H groups in total. The zero-order valence-corrected chi connectivity index (χ0v) is 9.68. The van der Waals surface area contributed by atoms with Crippen LogP contribution in [0.25, 0.3) is 0 Å². The summed E-state index contributed by atoms with van der Waals surface area (Å²) in [7, 11) is -3.89. The van der Waals surface area contributed by atoms with Crippen LogP contribution in [0.1, 0.15) is 10.4 Å². The van der Waals surface area contributed by atoms with Gasteiger partial charge >= 0.3 is 6.18 Å². The first-order valence-corrected chi connectivity index (χ1v) is 6.12. The topological polar surface area (TPSA) is 89.3 Å². The van der Waals surface area contributed by atoms with Gasteiger partial charge in [0.1, 0.15) is 6.54 Å². The fraction of sp³-hybridized carbons (Fsp3) is 0.222. The van der Waals surface area contributed by atoms with Gasteiger partial charge in [0.05, 0.1) is 4.90 Å². The van der Waals surface area contributed by atoms with Gasteiger partial charge < -0.3 is 5.32 Å². The van der Waals surface area contributed by atoms with Crippen LogP contribution in [0.5, 0.6) is 0 Å². The van der Waals surface area contributed by atoms with Crippen LogP contribution >= 0.6 is 0 Å². The lowest BCUT2D eigenvalue weighted by Crippen LogP contribution is -2.33. The molecule has 9 heteroatoms. The standard InChI is InChI=1S/C9H9F3N2O3S/c10-9(11,12)5-14-8(15)6-1-3-7(4-2-6)18(13,16)17/h1-4H,5H2,(H,14,15)(H2,13,16,17). The number of halogens is 3. The summed E-state index contributed by atoms with van der Waals surface area (Å²) in [4.78, 5) is 11.0. The van der Waals surface area contributed by atoms with Gasteiger partial charge in [-0.2, -0.15) is 13.2 Å². The molecule has 0 saturated heterocycles. The average molecular weight is 282 g/mol. The quantitative estimate of drug-likeness (QED) is 0.852. The molecule has 1 aromatic carbocycles. The Balaban J connectivity index is 2.77. The second kappa shape index (κ2) is 4.94. The molecule has 1 amide bonds. The van der Waals surface area contributed by atoms with Gasteiger partial charge in [-0.05, 0) is 24.3 Å². The second-order valence-corrected chi connectivity index (χ2v) is 4.93. The van der Waals surface area contributed by atoms with Crippen molar-refractivity contribution in [2.75, 3.05) is 6.54 Å². The molecule has 0 aromatic heterocycles. The van der Waals surface area contributed by atoms with Gasteiger partial charge in [0, 0.05) is 5.56 Å². The van der Waals surface area contributed by atoms with E-state index in [2.05, 4.69) is 0 Å². The van der Waals surface area contributed by atoms with Crippen molar-refractivity contribution in [2.45, 2.75) is 11.1 Å². The Morgan fingerprint density at radius 1 is 1.22 bits per heavy atom. The number of nitrogens with two attached hydrogens (primary N) is 1. The van der Waals surface area contributed by atoms with E-state index in [4.69, 9.17) is 5.14 Å². The summed E-state index contributed by atoms with van der Waals surface area (Å²) in [6, 6.07) is 4.23. The van der Waals surface area contributed by atoms with Crippen molar-refractivity contribution in [3.05, 3.63) is 29.8 Å². The highest BCUT2D eigenvalue weighted by molar-refractivity contribution is 7.89. The molecule has 0 unspecified atom stereocenters. The molecule has 5 nitrogen and oxygen atoms in total. The maximum atomic E-state index is 11.8. The molecule has 0 aliphatic rings. The maximum Gasteiger partial charge on any atom is 0.405 e. The largest absolute Gasteiger partial charge is 0.405 e. The van der Waals surface area contributed by atoms with Gasteiger partial charge in [-0.1, -0.05) is 0 Å². The van der Waals surface area contributed by atoms with Crippen molar-refractivity contribution >= 4 is 15.9 Å². The molecule has 0 spiro atoms. The number of benzene rings is 1. The summed E-state index contributed by atoms with van der Waals surface area (Å²) in [6.45, 7) is -1.46. The molecule has 18 heavy (non-hydrogen) atoms. The first kappa shape index (κ1) is 14.5. The van der Waals surface area contributed by atoms with E-state index in [1.807, 2.05) is 0 Å². The summed E-state index contributed by atoms with van der Waals surface area (Å²) in [5.74, 6) is -0.951. The Hall–Kier alpha value is -1.61. The number of hydrogen-bond donors (Lipinski definition) is 2. The van der Waals surface area contributed by atoms with Crippen LogP contribution < -0.4 is 10.5 Å². The number of amides is 1. The van der Waals surface area contributed by atoms with Crippen molar-refractivity contribution in [1.82, 2.24) is 5.32 Å². The van der Waals surface area contributed by atoms with Gasteiger partial charge in [-0.3, -0.25) is 4.79 Å². The fourth-order valence-corrected chi connectivity index (χ4v) is 1.59. The third-order valence-electron chi connectivity index (χ3n) is 1.89. The van der Waals surface area contributed by atoms with Crippen LogP contribution in [0, 0.1) is 0 Å². The molecule has 1 aromatic rings. The van der Waals surface area contributed by atoms with Crippen LogP contribution in [0.2, 0.25) is 0 Å². The first-order chi connectivity index (χ1) is 8.09. The smallest absolute Gasteiger partial charge is 0.343 e. The third-order valence-corrected chi connectivity index (χ3v) is 2.82. The molecule has 0 fully saturated rings. The van der Waals surface area contributed by atoms with Crippen LogP contribution in [0.4, 0.5) is 13.2 Å². The highest BCUT2D eigenvalue weighted by Crippen LogP contribution is 2.13. The van der Waals surface area contributed by atoms with Crippen molar-refractivity contribution in [1.29, 1.82) is 0 Å². The molecule has 0 saturated carbocycles. The van der Waals surface area contributed by atoms with E-state index in [1.54, 1.807) is 5.32 Å². The van der Waals surface area contributed by atoms with E-state index in [9.17, 15) is 26.4 Å². The average Bonchev–Trinajstić information content (AvgIpc) is 2.24. The minimum absolute atomic E-state index is 0.0911. The molecule has 100 valence electrons. The molecular formula is C9H9F3N2O3S. The van der Waals surface area contributed by atoms with Crippen molar-refractivity contribution in [2.24, 2.45) is 5.14 Å². The van der Waals surface area contributed by atoms with E-state index in [0.717, 1.165) is 24.3 Å². The molecule has 0 heterocycles. The fourth-order valence-electron chi connectivity index (χ4n) is 1.08. The number of hydrogen-bond acceptors (Lipinski definition) is 3. The van der Waals surface area contributed by atoms with E-state index < -0.39 is 28.7 Å². The first-order valence-electron chi connectivity index (χ1n) is 4.57. The van der Waals surface area contributed by atoms with Gasteiger partial charge in [-0.15, -0.1) is 0 Å². The normalized spacial score (nSPS) is 12.2. The molecule has 1 rings (SSSR count). The Morgan fingerprint density at radius 3 is 2.11 bits per heavy atom. The molecule has 0 atom stereocenters. The predicted molar refractivity (Wildman–Crippen MR) is 56.2 cm³/mol. The van der Waals surface area contributed by atoms with Gasteiger partial charge in [0.25, 0.3) is 5.91 Å². The van der Waals surface area contributed by atoms with E-state index in [-0.39, 0.29) is 10.5 Å². The van der Waals surface area contributed by atoms with Crippen molar-refractivity contribution in [3.8, 4) is 0 Å². The summed E-state index contributed by atoms with van der Waals surface area (Å²) >= 11 is 0. The third kappa shape index (κ3) is 4.34. The number of nitrogens with one attached hydrogen (secondary N) is 1. The van der Waals surface area contributed by atoms with Crippen LogP contribution in [0.3, 0.4) is 0 Å². The van der Waals surface area contributed by atoms with E-state index >= 15 is 0 Å².